The monoisotopic (exact) mass is 488 g/mol. The minimum atomic E-state index is -3.58. The molecule has 1 fully saturated rings. The highest BCUT2D eigenvalue weighted by molar-refractivity contribution is 7.89. The molecule has 180 valence electrons. The van der Waals surface area contributed by atoms with Gasteiger partial charge in [-0.3, -0.25) is 4.79 Å². The highest BCUT2D eigenvalue weighted by Gasteiger charge is 2.32. The number of Topliss-reactive ketones (excluding diaryl/α,β-unsaturated/α-hetero) is 1. The van der Waals surface area contributed by atoms with Crippen molar-refractivity contribution in [2.24, 2.45) is 0 Å². The molecule has 1 heterocycles. The molecule has 0 N–H and O–H groups in total. The maximum atomic E-state index is 13.3. The number of hydrogen-bond donors (Lipinski definition) is 0. The van der Waals surface area contributed by atoms with Gasteiger partial charge in [0.1, 0.15) is 0 Å². The summed E-state index contributed by atoms with van der Waals surface area (Å²) in [4.78, 5) is 15.3. The average Bonchev–Trinajstić information content (AvgIpc) is 2.85. The zero-order chi connectivity index (χ0) is 25.4. The van der Waals surface area contributed by atoms with Crippen molar-refractivity contribution in [3.63, 3.8) is 0 Å². The van der Waals surface area contributed by atoms with Crippen molar-refractivity contribution >= 4 is 28.0 Å². The second-order valence-corrected chi connectivity index (χ2v) is 10.8. The predicted octanol–water partition coefficient (Wildman–Crippen LogP) is 3.45. The van der Waals surface area contributed by atoms with Gasteiger partial charge in [0.05, 0.1) is 29.0 Å². The SMILES string of the molecule is CN(C)CCCCS(=O)(=O)N1C/C(=C\c2ccc(C#N)cc2)C(=O)/C(=C/c2ccc(C#N)cc2)C1. The van der Waals surface area contributed by atoms with Gasteiger partial charge in [0.15, 0.2) is 5.78 Å². The number of nitrogens with zero attached hydrogens (tertiary/aromatic N) is 4. The summed E-state index contributed by atoms with van der Waals surface area (Å²) >= 11 is 0. The van der Waals surface area contributed by atoms with Crippen molar-refractivity contribution in [1.29, 1.82) is 10.5 Å². The molecule has 0 bridgehead atoms. The van der Waals surface area contributed by atoms with E-state index in [0.29, 0.717) is 28.7 Å². The molecule has 1 saturated heterocycles. The Balaban J connectivity index is 1.93. The molecule has 0 saturated carbocycles. The Morgan fingerprint density at radius 2 is 1.31 bits per heavy atom. The van der Waals surface area contributed by atoms with Crippen LogP contribution in [0.2, 0.25) is 0 Å². The van der Waals surface area contributed by atoms with Gasteiger partial charge < -0.3 is 4.90 Å². The van der Waals surface area contributed by atoms with Gasteiger partial charge in [0, 0.05) is 24.2 Å². The summed E-state index contributed by atoms with van der Waals surface area (Å²) in [6.45, 7) is 0.806. The lowest BCUT2D eigenvalue weighted by Crippen LogP contribution is -2.42. The Labute approximate surface area is 207 Å². The van der Waals surface area contributed by atoms with Crippen LogP contribution >= 0.6 is 0 Å². The number of carbonyl (C=O) groups is 1. The van der Waals surface area contributed by atoms with Gasteiger partial charge in [0.2, 0.25) is 10.0 Å². The van der Waals surface area contributed by atoms with Crippen molar-refractivity contribution in [1.82, 2.24) is 9.21 Å². The van der Waals surface area contributed by atoms with Crippen LogP contribution in [0.5, 0.6) is 0 Å². The van der Waals surface area contributed by atoms with Crippen LogP contribution < -0.4 is 0 Å². The lowest BCUT2D eigenvalue weighted by molar-refractivity contribution is -0.113. The molecule has 2 aromatic carbocycles. The van der Waals surface area contributed by atoms with E-state index in [-0.39, 0.29) is 24.6 Å². The van der Waals surface area contributed by atoms with Crippen LogP contribution in [0.4, 0.5) is 0 Å². The molecule has 0 aliphatic carbocycles. The minimum Gasteiger partial charge on any atom is -0.309 e. The molecule has 7 nitrogen and oxygen atoms in total. The molecule has 1 aliphatic rings. The van der Waals surface area contributed by atoms with Gasteiger partial charge >= 0.3 is 0 Å². The third kappa shape index (κ3) is 7.21. The first-order valence-electron chi connectivity index (χ1n) is 11.3. The van der Waals surface area contributed by atoms with E-state index in [1.165, 1.54) is 4.31 Å². The maximum absolute atomic E-state index is 13.3. The molecule has 2 aromatic rings. The number of nitriles is 2. The predicted molar refractivity (Wildman–Crippen MR) is 136 cm³/mol. The van der Waals surface area contributed by atoms with Crippen molar-refractivity contribution in [3.8, 4) is 12.1 Å². The molecule has 0 spiro atoms. The first-order chi connectivity index (χ1) is 16.7. The fourth-order valence-electron chi connectivity index (χ4n) is 3.76. The van der Waals surface area contributed by atoms with Crippen molar-refractivity contribution in [2.75, 3.05) is 39.5 Å². The largest absolute Gasteiger partial charge is 0.309 e. The lowest BCUT2D eigenvalue weighted by Gasteiger charge is -2.29. The number of benzene rings is 2. The summed E-state index contributed by atoms with van der Waals surface area (Å²) < 4.78 is 27.7. The van der Waals surface area contributed by atoms with E-state index in [9.17, 15) is 13.2 Å². The first-order valence-corrected chi connectivity index (χ1v) is 12.9. The molecule has 8 heteroatoms. The van der Waals surface area contributed by atoms with Crippen LogP contribution in [-0.2, 0) is 14.8 Å². The van der Waals surface area contributed by atoms with E-state index in [0.717, 1.165) is 24.1 Å². The van der Waals surface area contributed by atoms with Crippen LogP contribution in [0.1, 0.15) is 35.1 Å². The third-order valence-corrected chi connectivity index (χ3v) is 7.54. The quantitative estimate of drug-likeness (QED) is 0.416. The maximum Gasteiger partial charge on any atom is 0.214 e. The van der Waals surface area contributed by atoms with Gasteiger partial charge in [-0.1, -0.05) is 24.3 Å². The van der Waals surface area contributed by atoms with E-state index in [4.69, 9.17) is 10.5 Å². The molecule has 0 unspecified atom stereocenters. The number of piperidine rings is 1. The Kier molecular flexibility index (Phi) is 8.73. The lowest BCUT2D eigenvalue weighted by atomic mass is 9.95. The van der Waals surface area contributed by atoms with Gasteiger partial charge in [-0.15, -0.1) is 0 Å². The van der Waals surface area contributed by atoms with E-state index in [2.05, 4.69) is 12.1 Å². The second-order valence-electron chi connectivity index (χ2n) is 8.73. The molecule has 1 aliphatic heterocycles. The Bertz CT molecular complexity index is 1230. The Morgan fingerprint density at radius 1 is 0.857 bits per heavy atom. The summed E-state index contributed by atoms with van der Waals surface area (Å²) in [7, 11) is 0.318. The minimum absolute atomic E-state index is 0.000438. The molecule has 0 atom stereocenters. The number of hydrogen-bond acceptors (Lipinski definition) is 6. The molecular weight excluding hydrogens is 460 g/mol. The standard InChI is InChI=1S/C27H28N4O3S/c1-30(2)13-3-4-14-35(33,34)31-19-25(15-21-5-9-23(17-28)10-6-21)27(32)26(20-31)16-22-7-11-24(18-29)12-8-22/h5-12,15-16H,3-4,13-14,19-20H2,1-2H3/b25-15+,26-16+. The van der Waals surface area contributed by atoms with Crippen LogP contribution in [0.25, 0.3) is 12.2 Å². The number of rotatable bonds is 8. The molecule has 3 rings (SSSR count). The van der Waals surface area contributed by atoms with Gasteiger partial charge in [-0.2, -0.15) is 14.8 Å². The zero-order valence-electron chi connectivity index (χ0n) is 19.9. The number of unbranched alkanes of at least 4 members (excludes halogenated alkanes) is 1. The van der Waals surface area contributed by atoms with E-state index in [1.807, 2.05) is 19.0 Å². The van der Waals surface area contributed by atoms with Crippen LogP contribution in [0, 0.1) is 22.7 Å². The third-order valence-electron chi connectivity index (χ3n) is 5.69. The topological polar surface area (TPSA) is 105 Å². The molecule has 0 radical (unpaired) electrons. The average molecular weight is 489 g/mol. The Hall–Kier alpha value is -3.56. The number of sulfonamides is 1. The Morgan fingerprint density at radius 3 is 1.71 bits per heavy atom. The van der Waals surface area contributed by atoms with Gasteiger partial charge in [-0.25, -0.2) is 8.42 Å². The molecule has 0 aromatic heterocycles. The van der Waals surface area contributed by atoms with E-state index >= 15 is 0 Å². The summed E-state index contributed by atoms with van der Waals surface area (Å²) in [6, 6.07) is 17.7. The number of carbonyl (C=O) groups excluding carboxylic acids is 1. The summed E-state index contributed by atoms with van der Waals surface area (Å²) in [5.41, 5.74) is 3.19. The van der Waals surface area contributed by atoms with Crippen LogP contribution in [0.3, 0.4) is 0 Å². The van der Waals surface area contributed by atoms with Gasteiger partial charge in [0.25, 0.3) is 0 Å². The number of ketones is 1. The van der Waals surface area contributed by atoms with Crippen molar-refractivity contribution < 1.29 is 13.2 Å². The molecular formula is C27H28N4O3S. The second kappa shape index (κ2) is 11.7. The van der Waals surface area contributed by atoms with Crippen LogP contribution in [-0.4, -0.2) is 62.9 Å². The van der Waals surface area contributed by atoms with E-state index in [1.54, 1.807) is 60.7 Å². The smallest absolute Gasteiger partial charge is 0.214 e. The molecule has 0 amide bonds. The van der Waals surface area contributed by atoms with Crippen LogP contribution in [0.15, 0.2) is 59.7 Å². The van der Waals surface area contributed by atoms with E-state index < -0.39 is 10.0 Å². The van der Waals surface area contributed by atoms with Gasteiger partial charge in [-0.05, 0) is 81.0 Å². The fraction of sp³-hybridized carbons (Fsp3) is 0.296. The highest BCUT2D eigenvalue weighted by atomic mass is 32.2. The summed E-state index contributed by atoms with van der Waals surface area (Å²) in [5.74, 6) is -0.193. The highest BCUT2D eigenvalue weighted by Crippen LogP contribution is 2.25. The van der Waals surface area contributed by atoms with Crippen molar-refractivity contribution in [3.05, 3.63) is 81.9 Å². The zero-order valence-corrected chi connectivity index (χ0v) is 20.8. The fourth-order valence-corrected chi connectivity index (χ4v) is 5.26. The van der Waals surface area contributed by atoms with Crippen molar-refractivity contribution in [2.45, 2.75) is 12.8 Å². The summed E-state index contributed by atoms with van der Waals surface area (Å²) in [6.07, 6.45) is 4.67. The molecule has 35 heavy (non-hydrogen) atoms. The normalized spacial score (nSPS) is 17.0. The summed E-state index contributed by atoms with van der Waals surface area (Å²) in [5, 5.41) is 18.0. The first kappa shape index (κ1) is 26.1.